The van der Waals surface area contributed by atoms with E-state index in [2.05, 4.69) is 0 Å². The molecule has 0 aliphatic heterocycles. The molecule has 0 saturated heterocycles. The molecule has 0 bridgehead atoms. The number of rotatable bonds is 6. The summed E-state index contributed by atoms with van der Waals surface area (Å²) >= 11 is 0. The van der Waals surface area contributed by atoms with Gasteiger partial charge in [0.15, 0.2) is 9.76 Å². The van der Waals surface area contributed by atoms with Crippen LogP contribution in [0.15, 0.2) is 0 Å². The van der Waals surface area contributed by atoms with Crippen LogP contribution in [0.1, 0.15) is 47.5 Å². The van der Waals surface area contributed by atoms with Crippen LogP contribution < -0.4 is 0 Å². The molecule has 114 valence electrons. The van der Waals surface area contributed by atoms with Gasteiger partial charge in [-0.15, -0.1) is 0 Å². The zero-order valence-corrected chi connectivity index (χ0v) is 13.5. The van der Waals surface area contributed by atoms with E-state index in [9.17, 15) is 18.0 Å². The molecule has 3 nitrogen and oxygen atoms in total. The molecule has 0 amide bonds. The molecule has 0 aliphatic carbocycles. The molecule has 0 fully saturated rings. The summed E-state index contributed by atoms with van der Waals surface area (Å²) in [6, 6.07) is 0. The predicted octanol–water partition coefficient (Wildman–Crippen LogP) is 3.13. The first-order valence-corrected chi connectivity index (χ1v) is 7.46. The molecular formula is C12H23F3O3Si. The van der Waals surface area contributed by atoms with Gasteiger partial charge in [-0.2, -0.15) is 13.2 Å². The van der Waals surface area contributed by atoms with E-state index in [1.165, 1.54) is 0 Å². The van der Waals surface area contributed by atoms with E-state index in [4.69, 9.17) is 9.53 Å². The molecule has 0 aromatic rings. The minimum atomic E-state index is -4.34. The van der Waals surface area contributed by atoms with E-state index in [0.717, 1.165) is 0 Å². The van der Waals surface area contributed by atoms with Gasteiger partial charge in [0, 0.05) is 6.42 Å². The fourth-order valence-electron chi connectivity index (χ4n) is 1.58. The van der Waals surface area contributed by atoms with Gasteiger partial charge in [-0.3, -0.25) is 4.79 Å². The maximum Gasteiger partial charge on any atom is 0.389 e. The summed E-state index contributed by atoms with van der Waals surface area (Å²) in [7, 11) is -1.03. The molecule has 0 heterocycles. The first-order chi connectivity index (χ1) is 8.25. The van der Waals surface area contributed by atoms with Crippen molar-refractivity contribution in [1.29, 1.82) is 0 Å². The molecule has 0 aliphatic rings. The monoisotopic (exact) mass is 300 g/mol. The van der Waals surface area contributed by atoms with Crippen LogP contribution in [0.2, 0.25) is 5.04 Å². The van der Waals surface area contributed by atoms with Crippen LogP contribution in [0.4, 0.5) is 13.2 Å². The summed E-state index contributed by atoms with van der Waals surface area (Å²) in [5, 5.41) is 9.07. The quantitative estimate of drug-likeness (QED) is 0.767. The van der Waals surface area contributed by atoms with Crippen molar-refractivity contribution < 1.29 is 27.5 Å². The van der Waals surface area contributed by atoms with Crippen LogP contribution in [0, 0.1) is 5.92 Å². The van der Waals surface area contributed by atoms with Gasteiger partial charge in [0.2, 0.25) is 0 Å². The number of alkyl halides is 3. The average molecular weight is 300 g/mol. The van der Waals surface area contributed by atoms with Crippen LogP contribution in [0.25, 0.3) is 0 Å². The van der Waals surface area contributed by atoms with Gasteiger partial charge in [0.05, 0.1) is 11.5 Å². The van der Waals surface area contributed by atoms with E-state index in [1.807, 2.05) is 20.8 Å². The van der Waals surface area contributed by atoms with E-state index in [0.29, 0.717) is 0 Å². The lowest BCUT2D eigenvalue weighted by atomic mass is 9.87. The number of carboxylic acids is 1. The van der Waals surface area contributed by atoms with E-state index < -0.39 is 46.3 Å². The zero-order chi connectivity index (χ0) is 15.5. The van der Waals surface area contributed by atoms with E-state index in [1.54, 1.807) is 13.8 Å². The highest BCUT2D eigenvalue weighted by atomic mass is 28.2. The summed E-state index contributed by atoms with van der Waals surface area (Å²) in [5.41, 5.74) is -1.07. The molecule has 0 aromatic heterocycles. The Hall–Kier alpha value is -0.563. The number of carboxylic acid groups (broad SMARTS) is 1. The predicted molar refractivity (Wildman–Crippen MR) is 69.8 cm³/mol. The number of carbonyl (C=O) groups is 1. The maximum absolute atomic E-state index is 12.2. The molecule has 0 spiro atoms. The highest BCUT2D eigenvalue weighted by Gasteiger charge is 2.39. The Morgan fingerprint density at radius 3 is 2.00 bits per heavy atom. The highest BCUT2D eigenvalue weighted by Crippen LogP contribution is 2.33. The van der Waals surface area contributed by atoms with Gasteiger partial charge in [-0.1, -0.05) is 20.8 Å². The summed E-state index contributed by atoms with van der Waals surface area (Å²) in [6.07, 6.45) is -5.90. The second-order valence-corrected chi connectivity index (χ2v) is 9.20. The van der Waals surface area contributed by atoms with Crippen molar-refractivity contribution in [2.75, 3.05) is 0 Å². The lowest BCUT2D eigenvalue weighted by Gasteiger charge is -2.35. The molecule has 0 aromatic carbocycles. The Labute approximate surface area is 114 Å². The molecule has 0 saturated carbocycles. The minimum Gasteiger partial charge on any atom is -0.481 e. The summed E-state index contributed by atoms with van der Waals surface area (Å²) in [4.78, 5) is 11.2. The molecule has 0 radical (unpaired) electrons. The number of halogens is 3. The van der Waals surface area contributed by atoms with Crippen molar-refractivity contribution in [2.24, 2.45) is 5.92 Å². The summed E-state index contributed by atoms with van der Waals surface area (Å²) in [6.45, 7) is 9.03. The Bertz CT molecular complexity index is 308. The molecule has 19 heavy (non-hydrogen) atoms. The second kappa shape index (κ2) is 6.26. The average Bonchev–Trinajstić information content (AvgIpc) is 2.11. The van der Waals surface area contributed by atoms with Gasteiger partial charge in [-0.05, 0) is 25.3 Å². The third-order valence-electron chi connectivity index (χ3n) is 2.73. The van der Waals surface area contributed by atoms with Gasteiger partial charge in [0.25, 0.3) is 0 Å². The molecule has 1 unspecified atom stereocenters. The lowest BCUT2D eigenvalue weighted by molar-refractivity contribution is -0.157. The molecule has 0 rings (SSSR count). The number of hydrogen-bond donors (Lipinski definition) is 1. The molecular weight excluding hydrogens is 277 g/mol. The van der Waals surface area contributed by atoms with Gasteiger partial charge in [0.1, 0.15) is 0 Å². The van der Waals surface area contributed by atoms with Crippen molar-refractivity contribution in [2.45, 2.75) is 64.3 Å². The lowest BCUT2D eigenvalue weighted by Crippen LogP contribution is -2.42. The van der Waals surface area contributed by atoms with Crippen molar-refractivity contribution >= 4 is 15.7 Å². The van der Waals surface area contributed by atoms with Gasteiger partial charge >= 0.3 is 12.1 Å². The van der Waals surface area contributed by atoms with Crippen molar-refractivity contribution in [3.05, 3.63) is 0 Å². The summed E-state index contributed by atoms with van der Waals surface area (Å²) < 4.78 is 42.3. The fraction of sp³-hybridized carbons (Fsp3) is 0.917. The van der Waals surface area contributed by atoms with Crippen molar-refractivity contribution in [3.63, 3.8) is 0 Å². The SMILES string of the molecule is CC(C)(C)[SiH2]OC(C)(C)C(CCC(F)(F)F)C(=O)O. The fourth-order valence-corrected chi connectivity index (χ4v) is 2.59. The largest absolute Gasteiger partial charge is 0.481 e. The van der Waals surface area contributed by atoms with Crippen molar-refractivity contribution in [1.82, 2.24) is 0 Å². The zero-order valence-electron chi connectivity index (χ0n) is 12.1. The Balaban J connectivity index is 4.71. The molecule has 1 atom stereocenters. The second-order valence-electron chi connectivity index (χ2n) is 6.50. The Morgan fingerprint density at radius 2 is 1.68 bits per heavy atom. The Morgan fingerprint density at radius 1 is 1.21 bits per heavy atom. The number of aliphatic carboxylic acids is 1. The minimum absolute atomic E-state index is 0.0374. The van der Waals surface area contributed by atoms with Crippen LogP contribution in [-0.2, 0) is 9.22 Å². The first kappa shape index (κ1) is 18.4. The topological polar surface area (TPSA) is 46.5 Å². The smallest absolute Gasteiger partial charge is 0.389 e. The summed E-state index contributed by atoms with van der Waals surface area (Å²) in [5.74, 6) is -2.39. The van der Waals surface area contributed by atoms with E-state index in [-0.39, 0.29) is 5.04 Å². The van der Waals surface area contributed by atoms with Crippen LogP contribution in [0.5, 0.6) is 0 Å². The van der Waals surface area contributed by atoms with Crippen molar-refractivity contribution in [3.8, 4) is 0 Å². The molecule has 7 heteroatoms. The van der Waals surface area contributed by atoms with Crippen LogP contribution in [0.3, 0.4) is 0 Å². The molecule has 1 N–H and O–H groups in total. The van der Waals surface area contributed by atoms with Crippen LogP contribution >= 0.6 is 0 Å². The van der Waals surface area contributed by atoms with Crippen LogP contribution in [-0.4, -0.2) is 32.6 Å². The van der Waals surface area contributed by atoms with Gasteiger partial charge in [-0.25, -0.2) is 0 Å². The number of hydrogen-bond acceptors (Lipinski definition) is 2. The maximum atomic E-state index is 12.2. The normalized spacial score (nSPS) is 16.0. The third-order valence-corrected chi connectivity index (χ3v) is 4.49. The third kappa shape index (κ3) is 8.25. The van der Waals surface area contributed by atoms with Gasteiger partial charge < -0.3 is 9.53 Å². The standard InChI is InChI=1S/C12H23F3O3Si/c1-10(2,3)19-18-11(4,5)8(9(16)17)6-7-12(13,14)15/h8H,6-7,19H2,1-5H3,(H,16,17). The first-order valence-electron chi connectivity index (χ1n) is 6.18. The van der Waals surface area contributed by atoms with E-state index >= 15 is 0 Å². The highest BCUT2D eigenvalue weighted by molar-refractivity contribution is 6.31. The Kier molecular flexibility index (Phi) is 6.07.